The molecule has 86 valence electrons. The molecule has 0 aliphatic carbocycles. The topological polar surface area (TPSA) is 44.1 Å². The van der Waals surface area contributed by atoms with Crippen LogP contribution in [0.5, 0.6) is 0 Å². The van der Waals surface area contributed by atoms with Crippen LogP contribution < -0.4 is 0 Å². The van der Waals surface area contributed by atoms with Crippen molar-refractivity contribution in [2.24, 2.45) is 0 Å². The molecule has 16 heavy (non-hydrogen) atoms. The van der Waals surface area contributed by atoms with Gasteiger partial charge >= 0.3 is 6.09 Å². The fourth-order valence-electron chi connectivity index (χ4n) is 1.35. The van der Waals surface area contributed by atoms with Gasteiger partial charge < -0.3 is 4.74 Å². The number of nitrogens with zero attached hydrogens (tertiary/aromatic N) is 2. The average molecular weight is 220 g/mol. The number of aryl methyl sites for hydroxylation is 1. The zero-order valence-electron chi connectivity index (χ0n) is 10.0. The molecule has 0 spiro atoms. The number of methoxy groups -OCH3 is 1. The highest BCUT2D eigenvalue weighted by Gasteiger charge is 2.09. The van der Waals surface area contributed by atoms with Crippen molar-refractivity contribution in [3.8, 4) is 0 Å². The Bertz CT molecular complexity index is 489. The van der Waals surface area contributed by atoms with Crippen LogP contribution in [0.1, 0.15) is 19.5 Å². The van der Waals surface area contributed by atoms with Crippen LogP contribution >= 0.6 is 0 Å². The quantitative estimate of drug-likeness (QED) is 0.685. The van der Waals surface area contributed by atoms with Crippen molar-refractivity contribution in [3.05, 3.63) is 30.1 Å². The van der Waals surface area contributed by atoms with E-state index in [0.29, 0.717) is 5.65 Å². The van der Waals surface area contributed by atoms with Crippen LogP contribution in [0, 0.1) is 6.92 Å². The predicted molar refractivity (Wildman–Crippen MR) is 63.6 cm³/mol. The summed E-state index contributed by atoms with van der Waals surface area (Å²) in [7, 11) is 1.35. The molecule has 0 aliphatic heterocycles. The lowest BCUT2D eigenvalue weighted by Crippen LogP contribution is -2.10. The van der Waals surface area contributed by atoms with Gasteiger partial charge in [-0.2, -0.15) is 0 Å². The van der Waals surface area contributed by atoms with E-state index in [1.165, 1.54) is 11.7 Å². The van der Waals surface area contributed by atoms with Crippen LogP contribution in [0.15, 0.2) is 24.4 Å². The minimum absolute atomic E-state index is 0.418. The molecule has 0 saturated heterocycles. The van der Waals surface area contributed by atoms with Crippen molar-refractivity contribution in [3.63, 3.8) is 0 Å². The molecule has 0 N–H and O–H groups in total. The number of aromatic nitrogens is 2. The first-order valence-electron chi connectivity index (χ1n) is 5.25. The second-order valence-electron chi connectivity index (χ2n) is 3.02. The Hall–Kier alpha value is -1.84. The maximum atomic E-state index is 11.3. The van der Waals surface area contributed by atoms with Gasteiger partial charge in [-0.05, 0) is 25.1 Å². The number of hydrogen-bond donors (Lipinski definition) is 0. The van der Waals surface area contributed by atoms with Gasteiger partial charge in [-0.25, -0.2) is 14.3 Å². The summed E-state index contributed by atoms with van der Waals surface area (Å²) in [5, 5.41) is 0.931. The molecule has 0 unspecified atom stereocenters. The molecule has 4 nitrogen and oxygen atoms in total. The molecule has 2 rings (SSSR count). The summed E-state index contributed by atoms with van der Waals surface area (Å²) in [5.41, 5.74) is 1.51. The van der Waals surface area contributed by atoms with E-state index in [4.69, 9.17) is 0 Å². The van der Waals surface area contributed by atoms with Crippen molar-refractivity contribution in [2.75, 3.05) is 7.11 Å². The number of carbonyl (C=O) groups is 1. The summed E-state index contributed by atoms with van der Waals surface area (Å²) in [6.07, 6.45) is 1.24. The van der Waals surface area contributed by atoms with Gasteiger partial charge in [0.1, 0.15) is 5.65 Å². The lowest BCUT2D eigenvalue weighted by Gasteiger charge is -2.01. The standard InChI is InChI=1S/C10H10N2O2.C2H6/c1-7-3-4-8-5-6-12(9(8)11-7)10(13)14-2;1-2/h3-6H,1-2H3;1-2H3. The second-order valence-corrected chi connectivity index (χ2v) is 3.02. The molecule has 0 atom stereocenters. The fourth-order valence-corrected chi connectivity index (χ4v) is 1.35. The van der Waals surface area contributed by atoms with E-state index in [1.54, 1.807) is 6.20 Å². The highest BCUT2D eigenvalue weighted by atomic mass is 16.5. The molecule has 0 fully saturated rings. The number of ether oxygens (including phenoxy) is 1. The molecule has 0 amide bonds. The third-order valence-electron chi connectivity index (χ3n) is 2.05. The lowest BCUT2D eigenvalue weighted by atomic mass is 10.3. The second kappa shape index (κ2) is 5.30. The van der Waals surface area contributed by atoms with E-state index in [2.05, 4.69) is 9.72 Å². The Morgan fingerprint density at radius 3 is 2.62 bits per heavy atom. The smallest absolute Gasteiger partial charge is 0.419 e. The van der Waals surface area contributed by atoms with Crippen molar-refractivity contribution >= 4 is 17.1 Å². The van der Waals surface area contributed by atoms with E-state index >= 15 is 0 Å². The van der Waals surface area contributed by atoms with Crippen LogP contribution in [-0.4, -0.2) is 22.8 Å². The minimum atomic E-state index is -0.418. The van der Waals surface area contributed by atoms with E-state index in [1.807, 2.05) is 39.0 Å². The van der Waals surface area contributed by atoms with Crippen LogP contribution in [0.2, 0.25) is 0 Å². The first kappa shape index (κ1) is 12.2. The maximum Gasteiger partial charge on any atom is 0.419 e. The number of carbonyl (C=O) groups excluding carboxylic acids is 1. The Balaban J connectivity index is 0.000000606. The Morgan fingerprint density at radius 2 is 2.00 bits per heavy atom. The Labute approximate surface area is 94.9 Å². The van der Waals surface area contributed by atoms with Crippen LogP contribution in [0.3, 0.4) is 0 Å². The van der Waals surface area contributed by atoms with Gasteiger partial charge in [-0.3, -0.25) is 0 Å². The molecule has 2 heterocycles. The SMILES string of the molecule is CC.COC(=O)n1ccc2ccc(C)nc21. The van der Waals surface area contributed by atoms with E-state index in [-0.39, 0.29) is 0 Å². The highest BCUT2D eigenvalue weighted by molar-refractivity contribution is 5.86. The maximum absolute atomic E-state index is 11.3. The van der Waals surface area contributed by atoms with E-state index in [0.717, 1.165) is 11.1 Å². The van der Waals surface area contributed by atoms with Gasteiger partial charge in [0.2, 0.25) is 0 Å². The fraction of sp³-hybridized carbons (Fsp3) is 0.333. The summed E-state index contributed by atoms with van der Waals surface area (Å²) >= 11 is 0. The molecule has 0 bridgehead atoms. The first-order valence-corrected chi connectivity index (χ1v) is 5.25. The largest absolute Gasteiger partial charge is 0.452 e. The zero-order valence-corrected chi connectivity index (χ0v) is 10.0. The van der Waals surface area contributed by atoms with Crippen molar-refractivity contribution < 1.29 is 9.53 Å². The summed E-state index contributed by atoms with van der Waals surface area (Å²) < 4.78 is 6.02. The Kier molecular flexibility index (Phi) is 4.05. The molecule has 4 heteroatoms. The van der Waals surface area contributed by atoms with Gasteiger partial charge in [0.05, 0.1) is 7.11 Å². The van der Waals surface area contributed by atoms with Crippen molar-refractivity contribution in [2.45, 2.75) is 20.8 Å². The molecular weight excluding hydrogens is 204 g/mol. The molecule has 0 aliphatic rings. The van der Waals surface area contributed by atoms with Gasteiger partial charge in [-0.1, -0.05) is 13.8 Å². The number of pyridine rings is 1. The Morgan fingerprint density at radius 1 is 1.31 bits per heavy atom. The molecule has 0 aromatic carbocycles. The van der Waals surface area contributed by atoms with Crippen molar-refractivity contribution in [1.82, 2.24) is 9.55 Å². The van der Waals surface area contributed by atoms with Gasteiger partial charge in [-0.15, -0.1) is 0 Å². The minimum Gasteiger partial charge on any atom is -0.452 e. The normalized spacial score (nSPS) is 9.50. The summed E-state index contributed by atoms with van der Waals surface area (Å²) in [6.45, 7) is 5.88. The van der Waals surface area contributed by atoms with Gasteiger partial charge in [0, 0.05) is 17.3 Å². The highest BCUT2D eigenvalue weighted by Crippen LogP contribution is 2.13. The monoisotopic (exact) mass is 220 g/mol. The zero-order chi connectivity index (χ0) is 12.1. The molecule has 2 aromatic rings. The van der Waals surface area contributed by atoms with Crippen LogP contribution in [-0.2, 0) is 4.74 Å². The van der Waals surface area contributed by atoms with E-state index in [9.17, 15) is 4.79 Å². The first-order chi connectivity index (χ1) is 7.72. The van der Waals surface area contributed by atoms with Crippen LogP contribution in [0.4, 0.5) is 4.79 Å². The summed E-state index contributed by atoms with van der Waals surface area (Å²) in [5.74, 6) is 0. The number of fused-ring (bicyclic) bond motifs is 1. The third kappa shape index (κ3) is 2.21. The number of hydrogen-bond acceptors (Lipinski definition) is 3. The van der Waals surface area contributed by atoms with Crippen LogP contribution in [0.25, 0.3) is 11.0 Å². The third-order valence-corrected chi connectivity index (χ3v) is 2.05. The molecule has 2 aromatic heterocycles. The average Bonchev–Trinajstić information content (AvgIpc) is 2.73. The predicted octanol–water partition coefficient (Wildman–Crippen LogP) is 2.99. The van der Waals surface area contributed by atoms with Gasteiger partial charge in [0.25, 0.3) is 0 Å². The van der Waals surface area contributed by atoms with Crippen molar-refractivity contribution in [1.29, 1.82) is 0 Å². The summed E-state index contributed by atoms with van der Waals surface area (Å²) in [6, 6.07) is 5.67. The number of rotatable bonds is 0. The molecule has 0 radical (unpaired) electrons. The molecular formula is C12H16N2O2. The van der Waals surface area contributed by atoms with Gasteiger partial charge in [0.15, 0.2) is 0 Å². The van der Waals surface area contributed by atoms with E-state index < -0.39 is 6.09 Å². The molecule has 0 saturated carbocycles. The lowest BCUT2D eigenvalue weighted by molar-refractivity contribution is 0.174. The summed E-state index contributed by atoms with van der Waals surface area (Å²) in [4.78, 5) is 15.6.